The zero-order valence-corrected chi connectivity index (χ0v) is 10.7. The second kappa shape index (κ2) is 4.62. The molecule has 1 aromatic carbocycles. The number of halogens is 1. The number of ether oxygens (including phenoxy) is 3. The minimum absolute atomic E-state index is 0.311. The van der Waals surface area contributed by atoms with Gasteiger partial charge in [-0.15, -0.1) is 0 Å². The Kier molecular flexibility index (Phi) is 3.35. The van der Waals surface area contributed by atoms with Crippen molar-refractivity contribution in [3.8, 4) is 17.2 Å². The maximum Gasteiger partial charge on any atom is 0.236 e. The highest BCUT2D eigenvalue weighted by Crippen LogP contribution is 2.42. The first-order chi connectivity index (χ1) is 8.01. The van der Waals surface area contributed by atoms with Crippen LogP contribution in [-0.2, 0) is 14.8 Å². The van der Waals surface area contributed by atoms with Crippen molar-refractivity contribution in [2.75, 3.05) is 20.3 Å². The van der Waals surface area contributed by atoms with Crippen molar-refractivity contribution in [1.82, 2.24) is 0 Å². The molecule has 17 heavy (non-hydrogen) atoms. The second-order valence-electron chi connectivity index (χ2n) is 3.47. The highest BCUT2D eigenvalue weighted by molar-refractivity contribution is 8.13. The molecule has 1 aliphatic rings. The van der Waals surface area contributed by atoms with E-state index >= 15 is 0 Å². The fourth-order valence-electron chi connectivity index (χ4n) is 1.65. The van der Waals surface area contributed by atoms with Gasteiger partial charge >= 0.3 is 0 Å². The molecule has 5 nitrogen and oxygen atoms in total. The van der Waals surface area contributed by atoms with Crippen molar-refractivity contribution in [3.05, 3.63) is 17.7 Å². The number of methoxy groups -OCH3 is 1. The molecule has 1 heterocycles. The molecule has 94 valence electrons. The van der Waals surface area contributed by atoms with E-state index in [0.29, 0.717) is 36.0 Å². The van der Waals surface area contributed by atoms with Gasteiger partial charge in [-0.05, 0) is 6.07 Å². The molecule has 0 atom stereocenters. The van der Waals surface area contributed by atoms with Gasteiger partial charge in [0.2, 0.25) is 14.8 Å². The van der Waals surface area contributed by atoms with E-state index in [-0.39, 0.29) is 5.75 Å². The SMILES string of the molecule is COc1c(CS(=O)(=O)Cl)ccc2c1OCCO2. The average molecular weight is 279 g/mol. The van der Waals surface area contributed by atoms with E-state index in [1.54, 1.807) is 12.1 Å². The minimum Gasteiger partial charge on any atom is -0.492 e. The fourth-order valence-corrected chi connectivity index (χ4v) is 2.61. The molecule has 0 unspecified atom stereocenters. The summed E-state index contributed by atoms with van der Waals surface area (Å²) in [5.41, 5.74) is 0.451. The van der Waals surface area contributed by atoms with Gasteiger partial charge in [0.05, 0.1) is 12.9 Å². The van der Waals surface area contributed by atoms with Crippen LogP contribution in [0.1, 0.15) is 5.56 Å². The zero-order chi connectivity index (χ0) is 12.5. The minimum atomic E-state index is -3.64. The molecule has 1 aliphatic heterocycles. The van der Waals surface area contributed by atoms with E-state index in [4.69, 9.17) is 24.9 Å². The fraction of sp³-hybridized carbons (Fsp3) is 0.400. The van der Waals surface area contributed by atoms with Crippen LogP contribution in [0.25, 0.3) is 0 Å². The van der Waals surface area contributed by atoms with Crippen LogP contribution in [0.5, 0.6) is 17.2 Å². The van der Waals surface area contributed by atoms with Crippen LogP contribution in [-0.4, -0.2) is 28.7 Å². The van der Waals surface area contributed by atoms with Gasteiger partial charge in [-0.2, -0.15) is 0 Å². The summed E-state index contributed by atoms with van der Waals surface area (Å²) in [6, 6.07) is 3.25. The lowest BCUT2D eigenvalue weighted by molar-refractivity contribution is 0.165. The van der Waals surface area contributed by atoms with Crippen LogP contribution in [0.2, 0.25) is 0 Å². The lowest BCUT2D eigenvalue weighted by Crippen LogP contribution is -2.16. The predicted molar refractivity (Wildman–Crippen MR) is 62.5 cm³/mol. The van der Waals surface area contributed by atoms with E-state index < -0.39 is 9.05 Å². The summed E-state index contributed by atoms with van der Waals surface area (Å²) < 4.78 is 38.1. The summed E-state index contributed by atoms with van der Waals surface area (Å²) in [5, 5.41) is 0. The number of rotatable bonds is 3. The number of fused-ring (bicyclic) bond motifs is 1. The molecule has 0 spiro atoms. The van der Waals surface area contributed by atoms with E-state index in [0.717, 1.165) is 0 Å². The lowest BCUT2D eigenvalue weighted by atomic mass is 10.2. The summed E-state index contributed by atoms with van der Waals surface area (Å²) in [7, 11) is 3.03. The molecule has 7 heteroatoms. The Bertz CT molecular complexity index is 526. The molecule has 0 aliphatic carbocycles. The van der Waals surface area contributed by atoms with Crippen LogP contribution >= 0.6 is 10.7 Å². The Morgan fingerprint density at radius 2 is 2.06 bits per heavy atom. The topological polar surface area (TPSA) is 61.8 Å². The van der Waals surface area contributed by atoms with E-state index in [2.05, 4.69) is 0 Å². The number of hydrogen-bond donors (Lipinski definition) is 0. The quantitative estimate of drug-likeness (QED) is 0.785. The molecular weight excluding hydrogens is 268 g/mol. The number of hydrogen-bond acceptors (Lipinski definition) is 5. The van der Waals surface area contributed by atoms with Crippen LogP contribution in [0.4, 0.5) is 0 Å². The summed E-state index contributed by atoms with van der Waals surface area (Å²) in [6.45, 7) is 0.865. The van der Waals surface area contributed by atoms with E-state index in [9.17, 15) is 8.42 Å². The largest absolute Gasteiger partial charge is 0.492 e. The van der Waals surface area contributed by atoms with Gasteiger partial charge in [-0.25, -0.2) is 8.42 Å². The van der Waals surface area contributed by atoms with E-state index in [1.807, 2.05) is 0 Å². The molecule has 0 N–H and O–H groups in total. The number of benzene rings is 1. The van der Waals surface area contributed by atoms with Gasteiger partial charge < -0.3 is 14.2 Å². The van der Waals surface area contributed by atoms with Crippen LogP contribution < -0.4 is 14.2 Å². The Balaban J connectivity index is 2.47. The van der Waals surface area contributed by atoms with Gasteiger partial charge in [0, 0.05) is 16.2 Å². The monoisotopic (exact) mass is 278 g/mol. The standard InChI is InChI=1S/C10H11ClO5S/c1-14-9-7(6-17(11,12)13)2-3-8-10(9)16-5-4-15-8/h2-3H,4-6H2,1H3. The Morgan fingerprint density at radius 1 is 1.35 bits per heavy atom. The maximum absolute atomic E-state index is 11.1. The first-order valence-electron chi connectivity index (χ1n) is 4.89. The molecule has 2 rings (SSSR count). The molecular formula is C10H11ClO5S. The van der Waals surface area contributed by atoms with Gasteiger partial charge in [-0.3, -0.25) is 0 Å². The smallest absolute Gasteiger partial charge is 0.236 e. The van der Waals surface area contributed by atoms with Crippen molar-refractivity contribution in [1.29, 1.82) is 0 Å². The average Bonchev–Trinajstić information content (AvgIpc) is 2.27. The second-order valence-corrected chi connectivity index (χ2v) is 6.24. The van der Waals surface area contributed by atoms with E-state index in [1.165, 1.54) is 7.11 Å². The van der Waals surface area contributed by atoms with Gasteiger partial charge in [0.15, 0.2) is 11.5 Å². The molecule has 0 aromatic heterocycles. The van der Waals surface area contributed by atoms with Gasteiger partial charge in [0.25, 0.3) is 0 Å². The molecule has 0 radical (unpaired) electrons. The zero-order valence-electron chi connectivity index (χ0n) is 9.10. The Hall–Kier alpha value is -1.14. The normalized spacial score (nSPS) is 14.5. The first-order valence-corrected chi connectivity index (χ1v) is 7.37. The highest BCUT2D eigenvalue weighted by atomic mass is 35.7. The highest BCUT2D eigenvalue weighted by Gasteiger charge is 2.22. The van der Waals surface area contributed by atoms with Crippen molar-refractivity contribution in [2.45, 2.75) is 5.75 Å². The van der Waals surface area contributed by atoms with Crippen LogP contribution in [0.15, 0.2) is 12.1 Å². The molecule has 0 amide bonds. The molecule has 0 bridgehead atoms. The van der Waals surface area contributed by atoms with Gasteiger partial charge in [0.1, 0.15) is 13.2 Å². The van der Waals surface area contributed by atoms with Crippen LogP contribution in [0.3, 0.4) is 0 Å². The third kappa shape index (κ3) is 2.76. The lowest BCUT2D eigenvalue weighted by Gasteiger charge is -2.21. The Morgan fingerprint density at radius 3 is 2.71 bits per heavy atom. The summed E-state index contributed by atoms with van der Waals surface area (Å²) in [5.74, 6) is 1.01. The first kappa shape index (κ1) is 12.3. The van der Waals surface area contributed by atoms with Crippen molar-refractivity contribution < 1.29 is 22.6 Å². The molecule has 1 aromatic rings. The summed E-state index contributed by atoms with van der Waals surface area (Å²) in [6.07, 6.45) is 0. The van der Waals surface area contributed by atoms with Crippen molar-refractivity contribution >= 4 is 19.7 Å². The third-order valence-corrected chi connectivity index (χ3v) is 3.26. The molecule has 0 saturated heterocycles. The third-order valence-electron chi connectivity index (χ3n) is 2.28. The Labute approximate surface area is 104 Å². The van der Waals surface area contributed by atoms with Gasteiger partial charge in [-0.1, -0.05) is 6.07 Å². The maximum atomic E-state index is 11.1. The van der Waals surface area contributed by atoms with Crippen molar-refractivity contribution in [3.63, 3.8) is 0 Å². The predicted octanol–water partition coefficient (Wildman–Crippen LogP) is 1.53. The summed E-state index contributed by atoms with van der Waals surface area (Å²) >= 11 is 0. The van der Waals surface area contributed by atoms with Crippen LogP contribution in [0, 0.1) is 0 Å². The molecule has 0 saturated carbocycles. The molecule has 0 fully saturated rings. The summed E-state index contributed by atoms with van der Waals surface area (Å²) in [4.78, 5) is 0. The van der Waals surface area contributed by atoms with Crippen molar-refractivity contribution in [2.24, 2.45) is 0 Å².